The molecule has 112 valence electrons. The van der Waals surface area contributed by atoms with Crippen LogP contribution in [-0.4, -0.2) is 19.3 Å². The minimum absolute atomic E-state index is 0.565. The van der Waals surface area contributed by atoms with Crippen LogP contribution in [-0.2, 0) is 0 Å². The summed E-state index contributed by atoms with van der Waals surface area (Å²) in [5, 5.41) is 10.7. The van der Waals surface area contributed by atoms with E-state index >= 15 is 0 Å². The molecule has 0 spiro atoms. The number of benzene rings is 2. The number of aryl methyl sites for hydroxylation is 1. The molecular weight excluding hydrogens is 400 g/mol. The molecule has 0 fully saturated rings. The quantitative estimate of drug-likeness (QED) is 0.791. The Kier molecular flexibility index (Phi) is 5.30. The van der Waals surface area contributed by atoms with E-state index in [0.717, 1.165) is 15.6 Å². The van der Waals surface area contributed by atoms with Gasteiger partial charge in [0.25, 0.3) is 0 Å². The van der Waals surface area contributed by atoms with Crippen molar-refractivity contribution in [3.05, 3.63) is 56.0 Å². The molecule has 0 amide bonds. The molecule has 0 bridgehead atoms. The average molecular weight is 416 g/mol. The van der Waals surface area contributed by atoms with Gasteiger partial charge in [-0.25, -0.2) is 0 Å². The van der Waals surface area contributed by atoms with Crippen molar-refractivity contribution in [3.63, 3.8) is 0 Å². The fourth-order valence-corrected chi connectivity index (χ4v) is 3.35. The smallest absolute Gasteiger partial charge is 0.142 e. The van der Waals surface area contributed by atoms with Crippen LogP contribution in [0.2, 0.25) is 0 Å². The Labute approximate surface area is 141 Å². The first-order chi connectivity index (χ1) is 10.0. The van der Waals surface area contributed by atoms with Crippen molar-refractivity contribution in [2.24, 2.45) is 0 Å². The van der Waals surface area contributed by atoms with Gasteiger partial charge in [-0.3, -0.25) is 0 Å². The lowest BCUT2D eigenvalue weighted by atomic mass is 9.99. The van der Waals surface area contributed by atoms with Crippen molar-refractivity contribution in [2.45, 2.75) is 13.0 Å². The van der Waals surface area contributed by atoms with E-state index in [1.165, 1.54) is 0 Å². The Morgan fingerprint density at radius 3 is 2.29 bits per heavy atom. The van der Waals surface area contributed by atoms with Crippen molar-refractivity contribution in [2.75, 3.05) is 14.2 Å². The second-order valence-corrected chi connectivity index (χ2v) is 6.17. The van der Waals surface area contributed by atoms with Gasteiger partial charge in [0, 0.05) is 10.0 Å². The lowest BCUT2D eigenvalue weighted by molar-refractivity contribution is 0.213. The Hall–Kier alpha value is -1.04. The van der Waals surface area contributed by atoms with Gasteiger partial charge >= 0.3 is 0 Å². The molecular formula is C16H16Br2O3. The highest BCUT2D eigenvalue weighted by atomic mass is 79.9. The highest BCUT2D eigenvalue weighted by Crippen LogP contribution is 2.42. The highest BCUT2D eigenvalue weighted by molar-refractivity contribution is 9.11. The van der Waals surface area contributed by atoms with Gasteiger partial charge in [0.1, 0.15) is 22.1 Å². The summed E-state index contributed by atoms with van der Waals surface area (Å²) in [6.45, 7) is 1.99. The van der Waals surface area contributed by atoms with E-state index in [1.807, 2.05) is 31.2 Å². The zero-order chi connectivity index (χ0) is 15.6. The molecule has 21 heavy (non-hydrogen) atoms. The molecule has 1 atom stereocenters. The SMILES string of the molecule is COc1ccc(C(O)c2cccc(C)c2Br)c(OC)c1Br. The normalized spacial score (nSPS) is 12.1. The number of hydrogen-bond acceptors (Lipinski definition) is 3. The molecule has 0 aromatic heterocycles. The minimum atomic E-state index is -0.795. The van der Waals surface area contributed by atoms with E-state index < -0.39 is 6.10 Å². The molecule has 2 rings (SSSR count). The number of hydrogen-bond donors (Lipinski definition) is 1. The lowest BCUT2D eigenvalue weighted by Gasteiger charge is -2.19. The van der Waals surface area contributed by atoms with Gasteiger partial charge < -0.3 is 14.6 Å². The molecule has 0 aliphatic rings. The van der Waals surface area contributed by atoms with Crippen molar-refractivity contribution in [1.29, 1.82) is 0 Å². The van der Waals surface area contributed by atoms with Crippen molar-refractivity contribution in [1.82, 2.24) is 0 Å². The van der Waals surface area contributed by atoms with Crippen LogP contribution in [0, 0.1) is 6.92 Å². The number of aliphatic hydroxyl groups is 1. The zero-order valence-corrected chi connectivity index (χ0v) is 15.2. The highest BCUT2D eigenvalue weighted by Gasteiger charge is 2.22. The summed E-state index contributed by atoms with van der Waals surface area (Å²) in [4.78, 5) is 0. The van der Waals surface area contributed by atoms with E-state index in [1.54, 1.807) is 20.3 Å². The fourth-order valence-electron chi connectivity index (χ4n) is 2.18. The van der Waals surface area contributed by atoms with Gasteiger partial charge in [0.05, 0.1) is 14.2 Å². The molecule has 1 unspecified atom stereocenters. The Morgan fingerprint density at radius 1 is 0.952 bits per heavy atom. The van der Waals surface area contributed by atoms with E-state index in [-0.39, 0.29) is 0 Å². The molecule has 0 saturated heterocycles. The van der Waals surface area contributed by atoms with Crippen LogP contribution >= 0.6 is 31.9 Å². The molecule has 2 aromatic rings. The van der Waals surface area contributed by atoms with Gasteiger partial charge in [-0.05, 0) is 46.1 Å². The van der Waals surface area contributed by atoms with Gasteiger partial charge in [-0.2, -0.15) is 0 Å². The summed E-state index contributed by atoms with van der Waals surface area (Å²) in [6.07, 6.45) is -0.795. The van der Waals surface area contributed by atoms with Gasteiger partial charge in [-0.15, -0.1) is 0 Å². The Bertz CT molecular complexity index is 656. The molecule has 0 aliphatic carbocycles. The number of rotatable bonds is 4. The third-order valence-electron chi connectivity index (χ3n) is 3.33. The summed E-state index contributed by atoms with van der Waals surface area (Å²) in [7, 11) is 3.16. The third-order valence-corrected chi connectivity index (χ3v) is 5.16. The standard InChI is InChI=1S/C16H16Br2O3/c1-9-5-4-6-10(13(9)17)15(19)11-7-8-12(20-2)14(18)16(11)21-3/h4-8,15,19H,1-3H3. The first-order valence-corrected chi connectivity index (χ1v) is 7.93. The van der Waals surface area contributed by atoms with Gasteiger partial charge in [0.2, 0.25) is 0 Å². The van der Waals surface area contributed by atoms with Crippen LogP contribution < -0.4 is 9.47 Å². The molecule has 0 heterocycles. The largest absolute Gasteiger partial charge is 0.495 e. The molecule has 0 saturated carbocycles. The number of aliphatic hydroxyl groups excluding tert-OH is 1. The van der Waals surface area contributed by atoms with Crippen molar-refractivity contribution in [3.8, 4) is 11.5 Å². The Balaban J connectivity index is 2.56. The molecule has 1 N–H and O–H groups in total. The lowest BCUT2D eigenvalue weighted by Crippen LogP contribution is -2.05. The van der Waals surface area contributed by atoms with Crippen LogP contribution in [0.1, 0.15) is 22.8 Å². The summed E-state index contributed by atoms with van der Waals surface area (Å²) in [6, 6.07) is 9.40. The first kappa shape index (κ1) is 16.3. The van der Waals surface area contributed by atoms with Crippen LogP contribution in [0.5, 0.6) is 11.5 Å². The van der Waals surface area contributed by atoms with Crippen LogP contribution in [0.4, 0.5) is 0 Å². The third kappa shape index (κ3) is 3.10. The molecule has 5 heteroatoms. The maximum atomic E-state index is 10.7. The van der Waals surface area contributed by atoms with Crippen molar-refractivity contribution < 1.29 is 14.6 Å². The summed E-state index contributed by atoms with van der Waals surface area (Å²) in [5.74, 6) is 1.22. The van der Waals surface area contributed by atoms with Crippen molar-refractivity contribution >= 4 is 31.9 Å². The van der Waals surface area contributed by atoms with Gasteiger partial charge in [-0.1, -0.05) is 34.1 Å². The topological polar surface area (TPSA) is 38.7 Å². The van der Waals surface area contributed by atoms with Gasteiger partial charge in [0.15, 0.2) is 0 Å². The Morgan fingerprint density at radius 2 is 1.67 bits per heavy atom. The van der Waals surface area contributed by atoms with Crippen LogP contribution in [0.3, 0.4) is 0 Å². The predicted octanol–water partition coefficient (Wildman–Crippen LogP) is 4.62. The summed E-state index contributed by atoms with van der Waals surface area (Å²) < 4.78 is 12.3. The fraction of sp³-hybridized carbons (Fsp3) is 0.250. The van der Waals surface area contributed by atoms with Crippen LogP contribution in [0.25, 0.3) is 0 Å². The van der Waals surface area contributed by atoms with E-state index in [9.17, 15) is 5.11 Å². The molecule has 0 radical (unpaired) electrons. The number of methoxy groups -OCH3 is 2. The zero-order valence-electron chi connectivity index (χ0n) is 12.0. The van der Waals surface area contributed by atoms with E-state index in [4.69, 9.17) is 9.47 Å². The van der Waals surface area contributed by atoms with E-state index in [0.29, 0.717) is 21.5 Å². The summed E-state index contributed by atoms with van der Waals surface area (Å²) in [5.41, 5.74) is 2.54. The number of halogens is 2. The molecule has 3 nitrogen and oxygen atoms in total. The maximum Gasteiger partial charge on any atom is 0.142 e. The average Bonchev–Trinajstić information content (AvgIpc) is 2.49. The second kappa shape index (κ2) is 6.81. The minimum Gasteiger partial charge on any atom is -0.495 e. The monoisotopic (exact) mass is 414 g/mol. The molecule has 0 aliphatic heterocycles. The maximum absolute atomic E-state index is 10.7. The second-order valence-electron chi connectivity index (χ2n) is 4.58. The van der Waals surface area contributed by atoms with Crippen LogP contribution in [0.15, 0.2) is 39.3 Å². The predicted molar refractivity (Wildman–Crippen MR) is 90.2 cm³/mol. The molecule has 2 aromatic carbocycles. The van der Waals surface area contributed by atoms with E-state index in [2.05, 4.69) is 31.9 Å². The summed E-state index contributed by atoms with van der Waals surface area (Å²) >= 11 is 6.99. The first-order valence-electron chi connectivity index (χ1n) is 6.34. The number of ether oxygens (including phenoxy) is 2.